The molecule has 7 heteroatoms. The average molecular weight is 384 g/mol. The third kappa shape index (κ3) is 6.02. The minimum absolute atomic E-state index is 0.202. The Morgan fingerprint density at radius 2 is 1.68 bits per heavy atom. The molecule has 0 aliphatic carbocycles. The van der Waals surface area contributed by atoms with Crippen LogP contribution in [0.15, 0.2) is 53.4 Å². The van der Waals surface area contributed by atoms with E-state index in [4.69, 9.17) is 4.74 Å². The van der Waals surface area contributed by atoms with Gasteiger partial charge in [0.2, 0.25) is 10.0 Å². The number of hydrogen-bond acceptors (Lipinski definition) is 4. The summed E-state index contributed by atoms with van der Waals surface area (Å²) in [4.78, 5) is 0.202. The number of halogens is 1. The van der Waals surface area contributed by atoms with E-state index in [9.17, 15) is 12.8 Å². The summed E-state index contributed by atoms with van der Waals surface area (Å²) < 4.78 is 45.1. The summed E-state index contributed by atoms with van der Waals surface area (Å²) >= 11 is 1.61. The van der Waals surface area contributed by atoms with Gasteiger partial charge < -0.3 is 4.74 Å². The van der Waals surface area contributed by atoms with Gasteiger partial charge in [-0.2, -0.15) is 0 Å². The molecule has 2 aromatic carbocycles. The Morgan fingerprint density at radius 1 is 1.08 bits per heavy atom. The first-order valence-corrected chi connectivity index (χ1v) is 10.2. The summed E-state index contributed by atoms with van der Waals surface area (Å²) in [7, 11) is -2.05. The average Bonchev–Trinajstić information content (AvgIpc) is 2.60. The highest BCUT2D eigenvalue weighted by molar-refractivity contribution is 7.99. The predicted molar refractivity (Wildman–Crippen MR) is 100.0 cm³/mol. The van der Waals surface area contributed by atoms with Crippen LogP contribution in [-0.4, -0.2) is 26.8 Å². The second kappa shape index (κ2) is 8.21. The van der Waals surface area contributed by atoms with Crippen molar-refractivity contribution < 1.29 is 17.5 Å². The lowest BCUT2D eigenvalue weighted by atomic mass is 10.2. The van der Waals surface area contributed by atoms with Crippen molar-refractivity contribution in [3.63, 3.8) is 0 Å². The maximum Gasteiger partial charge on any atom is 0.240 e. The van der Waals surface area contributed by atoms with Crippen LogP contribution in [0.5, 0.6) is 5.75 Å². The van der Waals surface area contributed by atoms with Gasteiger partial charge >= 0.3 is 0 Å². The molecule has 2 aromatic rings. The molecule has 0 heterocycles. The second-order valence-electron chi connectivity index (χ2n) is 6.17. The molecule has 4 nitrogen and oxygen atoms in total. The van der Waals surface area contributed by atoms with Crippen molar-refractivity contribution >= 4 is 21.8 Å². The molecule has 0 bridgehead atoms. The number of benzene rings is 2. The van der Waals surface area contributed by atoms with Crippen LogP contribution in [0, 0.1) is 5.82 Å². The molecular formula is C18H22FNO3S2. The summed E-state index contributed by atoms with van der Waals surface area (Å²) in [6.07, 6.45) is 0. The van der Waals surface area contributed by atoms with Crippen molar-refractivity contribution in [1.29, 1.82) is 0 Å². The molecular weight excluding hydrogens is 361 g/mol. The number of thioether (sulfide) groups is 1. The van der Waals surface area contributed by atoms with Crippen molar-refractivity contribution in [3.8, 4) is 5.75 Å². The maximum absolute atomic E-state index is 12.9. The number of nitrogens with one attached hydrogen (secondary N) is 1. The van der Waals surface area contributed by atoms with Gasteiger partial charge in [0.15, 0.2) is 0 Å². The Labute approximate surface area is 152 Å². The summed E-state index contributed by atoms with van der Waals surface area (Å²) in [6, 6.07) is 12.6. The topological polar surface area (TPSA) is 55.4 Å². The Hall–Kier alpha value is -1.57. The summed E-state index contributed by atoms with van der Waals surface area (Å²) in [6.45, 7) is 4.22. The largest absolute Gasteiger partial charge is 0.497 e. The van der Waals surface area contributed by atoms with Crippen LogP contribution >= 0.6 is 11.8 Å². The zero-order valence-electron chi connectivity index (χ0n) is 14.5. The molecule has 0 saturated carbocycles. The molecule has 0 unspecified atom stereocenters. The quantitative estimate of drug-likeness (QED) is 0.753. The van der Waals surface area contributed by atoms with Gasteiger partial charge in [-0.15, -0.1) is 11.8 Å². The van der Waals surface area contributed by atoms with Crippen LogP contribution in [0.2, 0.25) is 0 Å². The van der Waals surface area contributed by atoms with Gasteiger partial charge in [-0.25, -0.2) is 17.5 Å². The lowest BCUT2D eigenvalue weighted by Gasteiger charge is -2.24. The highest BCUT2D eigenvalue weighted by atomic mass is 32.2. The monoisotopic (exact) mass is 383 g/mol. The van der Waals surface area contributed by atoms with Gasteiger partial charge in [-0.1, -0.05) is 12.1 Å². The molecule has 0 aromatic heterocycles. The van der Waals surface area contributed by atoms with Gasteiger partial charge in [0, 0.05) is 17.0 Å². The van der Waals surface area contributed by atoms with E-state index in [1.165, 1.54) is 31.4 Å². The van der Waals surface area contributed by atoms with Crippen molar-refractivity contribution in [2.45, 2.75) is 29.2 Å². The summed E-state index contributed by atoms with van der Waals surface area (Å²) in [5, 5.41) is 0. The molecule has 0 spiro atoms. The number of methoxy groups -OCH3 is 1. The molecule has 0 aliphatic heterocycles. The molecule has 0 radical (unpaired) electrons. The lowest BCUT2D eigenvalue weighted by Crippen LogP contribution is -2.36. The summed E-state index contributed by atoms with van der Waals surface area (Å²) in [5.74, 6) is 1.02. The number of ether oxygens (including phenoxy) is 1. The van der Waals surface area contributed by atoms with E-state index >= 15 is 0 Å². The Bertz CT molecular complexity index is 788. The van der Waals surface area contributed by atoms with E-state index in [1.54, 1.807) is 36.0 Å². The fourth-order valence-corrected chi connectivity index (χ4v) is 4.24. The van der Waals surface area contributed by atoms with Gasteiger partial charge in [0.1, 0.15) is 11.6 Å². The fourth-order valence-electron chi connectivity index (χ4n) is 2.02. The van der Waals surface area contributed by atoms with Crippen LogP contribution in [-0.2, 0) is 15.8 Å². The van der Waals surface area contributed by atoms with Crippen LogP contribution < -0.4 is 9.46 Å². The van der Waals surface area contributed by atoms with Crippen molar-refractivity contribution in [2.24, 2.45) is 0 Å². The van der Waals surface area contributed by atoms with Gasteiger partial charge in [0.05, 0.1) is 12.0 Å². The first-order chi connectivity index (χ1) is 11.7. The standard InChI is InChI=1S/C18H22FNO3S2/c1-18(2,24-12-14-4-6-15(19)7-5-14)13-20-25(21,22)17-10-8-16(23-3)9-11-17/h4-11,20H,12-13H2,1-3H3. The first-order valence-electron chi connectivity index (χ1n) is 7.74. The molecule has 1 N–H and O–H groups in total. The number of hydrogen-bond donors (Lipinski definition) is 1. The number of sulfonamides is 1. The minimum Gasteiger partial charge on any atom is -0.497 e. The van der Waals surface area contributed by atoms with Crippen molar-refractivity contribution in [1.82, 2.24) is 4.72 Å². The minimum atomic E-state index is -3.58. The molecule has 0 fully saturated rings. The molecule has 0 atom stereocenters. The maximum atomic E-state index is 12.9. The van der Waals surface area contributed by atoms with Gasteiger partial charge in [-0.05, 0) is 55.8 Å². The molecule has 136 valence electrons. The van der Waals surface area contributed by atoms with E-state index in [0.717, 1.165) is 5.56 Å². The van der Waals surface area contributed by atoms with E-state index in [0.29, 0.717) is 11.5 Å². The Morgan fingerprint density at radius 3 is 2.24 bits per heavy atom. The van der Waals surface area contributed by atoms with Gasteiger partial charge in [0.25, 0.3) is 0 Å². The lowest BCUT2D eigenvalue weighted by molar-refractivity contribution is 0.414. The molecule has 2 rings (SSSR count). The first kappa shape index (κ1) is 19.8. The van der Waals surface area contributed by atoms with Crippen LogP contribution in [0.3, 0.4) is 0 Å². The van der Waals surface area contributed by atoms with E-state index in [2.05, 4.69) is 4.72 Å². The smallest absolute Gasteiger partial charge is 0.240 e. The zero-order chi connectivity index (χ0) is 18.5. The molecule has 0 saturated heterocycles. The predicted octanol–water partition coefficient (Wildman–Crippen LogP) is 3.82. The highest BCUT2D eigenvalue weighted by Gasteiger charge is 2.23. The summed E-state index contributed by atoms with van der Waals surface area (Å²) in [5.41, 5.74) is 0.998. The van der Waals surface area contributed by atoms with Crippen molar-refractivity contribution in [2.75, 3.05) is 13.7 Å². The van der Waals surface area contributed by atoms with Gasteiger partial charge in [-0.3, -0.25) is 0 Å². The van der Waals surface area contributed by atoms with Crippen LogP contribution in [0.1, 0.15) is 19.4 Å². The van der Waals surface area contributed by atoms with Crippen molar-refractivity contribution in [3.05, 3.63) is 59.9 Å². The van der Waals surface area contributed by atoms with E-state index in [1.807, 2.05) is 13.8 Å². The normalized spacial score (nSPS) is 12.2. The molecule has 0 aliphatic rings. The zero-order valence-corrected chi connectivity index (χ0v) is 16.1. The Balaban J connectivity index is 1.93. The van der Waals surface area contributed by atoms with E-state index < -0.39 is 10.0 Å². The third-order valence-corrected chi connectivity index (χ3v) is 6.42. The highest BCUT2D eigenvalue weighted by Crippen LogP contribution is 2.28. The SMILES string of the molecule is COc1ccc(S(=O)(=O)NCC(C)(C)SCc2ccc(F)cc2)cc1. The number of rotatable bonds is 8. The second-order valence-corrected chi connectivity index (χ2v) is 9.62. The molecule has 25 heavy (non-hydrogen) atoms. The van der Waals surface area contributed by atoms with E-state index in [-0.39, 0.29) is 22.0 Å². The fraction of sp³-hybridized carbons (Fsp3) is 0.333. The Kier molecular flexibility index (Phi) is 6.48. The third-order valence-electron chi connectivity index (χ3n) is 3.60. The van der Waals surface area contributed by atoms with Crippen LogP contribution in [0.25, 0.3) is 0 Å². The van der Waals surface area contributed by atoms with Crippen LogP contribution in [0.4, 0.5) is 4.39 Å². The molecule has 0 amide bonds.